The van der Waals surface area contributed by atoms with Crippen molar-refractivity contribution in [3.63, 3.8) is 0 Å². The van der Waals surface area contributed by atoms with Crippen LogP contribution in [-0.2, 0) is 11.3 Å². The molecule has 8 nitrogen and oxygen atoms in total. The molecule has 1 atom stereocenters. The number of aryl methyl sites for hydroxylation is 1. The number of anilines is 1. The summed E-state index contributed by atoms with van der Waals surface area (Å²) in [6.45, 7) is 2.92. The summed E-state index contributed by atoms with van der Waals surface area (Å²) < 4.78 is 13.3. The largest absolute Gasteiger partial charge is 0.352 e. The minimum atomic E-state index is -0.436. The Morgan fingerprint density at radius 3 is 2.65 bits per heavy atom. The summed E-state index contributed by atoms with van der Waals surface area (Å²) in [7, 11) is 0. The van der Waals surface area contributed by atoms with E-state index >= 15 is 0 Å². The normalized spacial score (nSPS) is 15.6. The quantitative estimate of drug-likeness (QED) is 0.562. The second-order valence-electron chi connectivity index (χ2n) is 8.17. The van der Waals surface area contributed by atoms with Gasteiger partial charge >= 0.3 is 0 Å². The number of amides is 3. The minimum absolute atomic E-state index is 0.0883. The summed E-state index contributed by atoms with van der Waals surface area (Å²) >= 11 is 0.922. The number of piperidine rings is 1. The summed E-state index contributed by atoms with van der Waals surface area (Å²) in [4.78, 5) is 39.6. The SMILES string of the molecule is Cc1ccc(NC(=O)c2nnc(C(=O)N3CCC[C@@H](C(=O)NCc4cccc(F)c4)C3)s2)cc1. The van der Waals surface area contributed by atoms with Gasteiger partial charge in [-0.15, -0.1) is 10.2 Å². The van der Waals surface area contributed by atoms with Gasteiger partial charge in [0, 0.05) is 25.3 Å². The fourth-order valence-electron chi connectivity index (χ4n) is 3.71. The molecule has 0 aliphatic carbocycles. The van der Waals surface area contributed by atoms with Crippen LogP contribution in [0, 0.1) is 18.7 Å². The molecule has 1 aromatic heterocycles. The molecule has 0 bridgehead atoms. The van der Waals surface area contributed by atoms with Gasteiger partial charge in [-0.25, -0.2) is 4.39 Å². The zero-order valence-corrected chi connectivity index (χ0v) is 19.4. The number of carbonyl (C=O) groups excluding carboxylic acids is 3. The lowest BCUT2D eigenvalue weighted by Crippen LogP contribution is -2.45. The summed E-state index contributed by atoms with van der Waals surface area (Å²) in [5.74, 6) is -1.70. The smallest absolute Gasteiger partial charge is 0.286 e. The number of likely N-dealkylation sites (tertiary alicyclic amines) is 1. The molecule has 0 unspecified atom stereocenters. The van der Waals surface area contributed by atoms with E-state index in [9.17, 15) is 18.8 Å². The number of aromatic nitrogens is 2. The number of carbonyl (C=O) groups is 3. The molecule has 2 heterocycles. The van der Waals surface area contributed by atoms with Gasteiger partial charge in [-0.3, -0.25) is 14.4 Å². The molecular formula is C24H24FN5O3S. The van der Waals surface area contributed by atoms with E-state index < -0.39 is 5.91 Å². The molecule has 3 aromatic rings. The number of nitrogens with one attached hydrogen (secondary N) is 2. The van der Waals surface area contributed by atoms with Gasteiger partial charge in [-0.2, -0.15) is 0 Å². The first-order valence-electron chi connectivity index (χ1n) is 10.9. The Balaban J connectivity index is 1.33. The summed E-state index contributed by atoms with van der Waals surface area (Å²) in [6, 6.07) is 13.4. The summed E-state index contributed by atoms with van der Waals surface area (Å²) in [6.07, 6.45) is 1.32. The number of halogens is 1. The fourth-order valence-corrected chi connectivity index (χ4v) is 4.42. The van der Waals surface area contributed by atoms with Gasteiger partial charge < -0.3 is 15.5 Å². The number of hydrogen-bond donors (Lipinski definition) is 2. The van der Waals surface area contributed by atoms with Crippen LogP contribution in [0.15, 0.2) is 48.5 Å². The van der Waals surface area contributed by atoms with Crippen LogP contribution < -0.4 is 10.6 Å². The Kier molecular flexibility index (Phi) is 7.27. The van der Waals surface area contributed by atoms with Crippen LogP contribution in [0.5, 0.6) is 0 Å². The highest BCUT2D eigenvalue weighted by Crippen LogP contribution is 2.21. The monoisotopic (exact) mass is 481 g/mol. The van der Waals surface area contributed by atoms with E-state index in [4.69, 9.17) is 0 Å². The van der Waals surface area contributed by atoms with Crippen molar-refractivity contribution in [3.8, 4) is 0 Å². The topological polar surface area (TPSA) is 104 Å². The second kappa shape index (κ2) is 10.5. The van der Waals surface area contributed by atoms with E-state index in [2.05, 4.69) is 20.8 Å². The lowest BCUT2D eigenvalue weighted by molar-refractivity contribution is -0.126. The van der Waals surface area contributed by atoms with E-state index in [1.807, 2.05) is 19.1 Å². The van der Waals surface area contributed by atoms with Crippen LogP contribution in [0.4, 0.5) is 10.1 Å². The average molecular weight is 482 g/mol. The number of benzene rings is 2. The van der Waals surface area contributed by atoms with Crippen LogP contribution in [0.1, 0.15) is 43.6 Å². The molecule has 10 heteroatoms. The van der Waals surface area contributed by atoms with Crippen molar-refractivity contribution in [2.75, 3.05) is 18.4 Å². The zero-order chi connectivity index (χ0) is 24.1. The maximum atomic E-state index is 13.3. The molecule has 34 heavy (non-hydrogen) atoms. The third-order valence-electron chi connectivity index (χ3n) is 5.55. The summed E-state index contributed by atoms with van der Waals surface area (Å²) in [5, 5.41) is 13.5. The van der Waals surface area contributed by atoms with Crippen LogP contribution in [0.3, 0.4) is 0 Å². The van der Waals surface area contributed by atoms with Gasteiger partial charge in [0.15, 0.2) is 0 Å². The van der Waals surface area contributed by atoms with E-state index in [-0.39, 0.29) is 46.7 Å². The maximum absolute atomic E-state index is 13.3. The third-order valence-corrected chi connectivity index (χ3v) is 6.46. The van der Waals surface area contributed by atoms with E-state index in [1.165, 1.54) is 12.1 Å². The molecule has 0 spiro atoms. The van der Waals surface area contributed by atoms with Gasteiger partial charge in [-0.1, -0.05) is 41.2 Å². The van der Waals surface area contributed by atoms with E-state index in [0.29, 0.717) is 30.6 Å². The van der Waals surface area contributed by atoms with Crippen molar-refractivity contribution >= 4 is 34.7 Å². The van der Waals surface area contributed by atoms with Crippen molar-refractivity contribution < 1.29 is 18.8 Å². The van der Waals surface area contributed by atoms with Crippen LogP contribution in [0.2, 0.25) is 0 Å². The number of rotatable bonds is 6. The highest BCUT2D eigenvalue weighted by Gasteiger charge is 2.30. The Labute approximate surface area is 200 Å². The van der Waals surface area contributed by atoms with Gasteiger partial charge in [0.05, 0.1) is 5.92 Å². The molecule has 1 aliphatic heterocycles. The molecule has 1 aliphatic rings. The van der Waals surface area contributed by atoms with Crippen molar-refractivity contribution in [1.82, 2.24) is 20.4 Å². The Morgan fingerprint density at radius 1 is 1.12 bits per heavy atom. The lowest BCUT2D eigenvalue weighted by atomic mass is 9.97. The van der Waals surface area contributed by atoms with Crippen molar-refractivity contribution in [1.29, 1.82) is 0 Å². The number of nitrogens with zero attached hydrogens (tertiary/aromatic N) is 3. The first-order chi connectivity index (χ1) is 16.4. The maximum Gasteiger partial charge on any atom is 0.286 e. The molecular weight excluding hydrogens is 457 g/mol. The molecule has 3 amide bonds. The fraction of sp³-hybridized carbons (Fsp3) is 0.292. The summed E-state index contributed by atoms with van der Waals surface area (Å²) in [5.41, 5.74) is 2.37. The molecule has 2 aromatic carbocycles. The van der Waals surface area contributed by atoms with Crippen LogP contribution >= 0.6 is 11.3 Å². The van der Waals surface area contributed by atoms with Gasteiger partial charge in [0.2, 0.25) is 15.9 Å². The van der Waals surface area contributed by atoms with Gasteiger partial charge in [0.1, 0.15) is 5.82 Å². The predicted octanol–water partition coefficient (Wildman–Crippen LogP) is 3.41. The first-order valence-corrected chi connectivity index (χ1v) is 11.7. The average Bonchev–Trinajstić information content (AvgIpc) is 3.34. The minimum Gasteiger partial charge on any atom is -0.352 e. The third kappa shape index (κ3) is 5.82. The predicted molar refractivity (Wildman–Crippen MR) is 126 cm³/mol. The lowest BCUT2D eigenvalue weighted by Gasteiger charge is -2.31. The molecule has 2 N–H and O–H groups in total. The molecule has 0 saturated carbocycles. The first kappa shape index (κ1) is 23.5. The Morgan fingerprint density at radius 2 is 1.88 bits per heavy atom. The molecule has 1 saturated heterocycles. The van der Waals surface area contributed by atoms with Crippen LogP contribution in [0.25, 0.3) is 0 Å². The Bertz CT molecular complexity index is 1200. The standard InChI is InChI=1S/C24H24FN5O3S/c1-15-7-9-19(10-8-15)27-21(32)22-28-29-23(34-22)24(33)30-11-3-5-17(14-30)20(31)26-13-16-4-2-6-18(25)12-16/h2,4,6-10,12,17H,3,5,11,13-14H2,1H3,(H,26,31)(H,27,32)/t17-/m1/s1. The molecule has 0 radical (unpaired) electrons. The van der Waals surface area contributed by atoms with Crippen molar-refractivity contribution in [3.05, 3.63) is 75.5 Å². The van der Waals surface area contributed by atoms with Gasteiger partial charge in [0.25, 0.3) is 11.8 Å². The van der Waals surface area contributed by atoms with E-state index in [0.717, 1.165) is 16.9 Å². The molecule has 1 fully saturated rings. The number of hydrogen-bond acceptors (Lipinski definition) is 6. The molecule has 176 valence electrons. The van der Waals surface area contributed by atoms with Crippen molar-refractivity contribution in [2.24, 2.45) is 5.92 Å². The zero-order valence-electron chi connectivity index (χ0n) is 18.6. The van der Waals surface area contributed by atoms with Crippen LogP contribution in [-0.4, -0.2) is 45.9 Å². The van der Waals surface area contributed by atoms with E-state index in [1.54, 1.807) is 29.2 Å². The second-order valence-corrected chi connectivity index (χ2v) is 9.15. The van der Waals surface area contributed by atoms with Crippen molar-refractivity contribution in [2.45, 2.75) is 26.3 Å². The van der Waals surface area contributed by atoms with Gasteiger partial charge in [-0.05, 0) is 49.6 Å². The Hall–Kier alpha value is -3.66. The molecule has 4 rings (SSSR count). The highest BCUT2D eigenvalue weighted by molar-refractivity contribution is 7.15. The highest BCUT2D eigenvalue weighted by atomic mass is 32.1.